The van der Waals surface area contributed by atoms with Gasteiger partial charge in [-0.3, -0.25) is 14.9 Å². The minimum absolute atomic E-state index is 0.0359. The van der Waals surface area contributed by atoms with Gasteiger partial charge in [-0.05, 0) is 75.9 Å². The van der Waals surface area contributed by atoms with E-state index in [1.807, 2.05) is 0 Å². The van der Waals surface area contributed by atoms with Crippen LogP contribution in [0.5, 0.6) is 0 Å². The van der Waals surface area contributed by atoms with Gasteiger partial charge in [0.05, 0.1) is 5.02 Å². The fraction of sp³-hybridized carbons (Fsp3) is 0.400. The molecule has 3 aromatic heterocycles. The Morgan fingerprint density at radius 1 is 0.973 bits per heavy atom. The molecule has 0 unspecified atom stereocenters. The summed E-state index contributed by atoms with van der Waals surface area (Å²) in [6.45, 7) is 2.25. The molecule has 0 atom stereocenters. The summed E-state index contributed by atoms with van der Waals surface area (Å²) < 4.78 is 5.76. The molecule has 4 N–H and O–H groups in total. The zero-order valence-corrected chi connectivity index (χ0v) is 20.8. The van der Waals surface area contributed by atoms with Crippen molar-refractivity contribution in [2.45, 2.75) is 44.6 Å². The van der Waals surface area contributed by atoms with Crippen LogP contribution in [-0.4, -0.2) is 57.0 Å². The lowest BCUT2D eigenvalue weighted by atomic mass is 9.85. The van der Waals surface area contributed by atoms with Gasteiger partial charge < -0.3 is 25.1 Å². The number of carbonyl (C=O) groups excluding carboxylic acids is 2. The zero-order valence-electron chi connectivity index (χ0n) is 20.0. The van der Waals surface area contributed by atoms with Crippen LogP contribution in [0.15, 0.2) is 34.9 Å². The molecule has 1 aliphatic heterocycles. The lowest BCUT2D eigenvalue weighted by Gasteiger charge is -2.33. The Bertz CT molecular complexity index is 1310. The maximum Gasteiger partial charge on any atom is 0.410 e. The normalized spacial score (nSPS) is 20.0. The second kappa shape index (κ2) is 10.7. The number of pyridine rings is 2. The number of carbonyl (C=O) groups is 3. The smallest absolute Gasteiger partial charge is 0.410 e. The van der Waals surface area contributed by atoms with Crippen LogP contribution in [0.4, 0.5) is 22.1 Å². The fourth-order valence-corrected chi connectivity index (χ4v) is 5.20. The van der Waals surface area contributed by atoms with Gasteiger partial charge in [0.1, 0.15) is 22.8 Å². The average Bonchev–Trinajstić information content (AvgIpc) is 3.54. The summed E-state index contributed by atoms with van der Waals surface area (Å²) in [5.41, 5.74) is 0.472. The molecular formula is C25H27ClN6O5. The number of rotatable bonds is 6. The molecule has 0 bridgehead atoms. The first kappa shape index (κ1) is 25.0. The van der Waals surface area contributed by atoms with Gasteiger partial charge in [0.15, 0.2) is 5.58 Å². The number of amides is 3. The lowest BCUT2D eigenvalue weighted by molar-refractivity contribution is -0.121. The van der Waals surface area contributed by atoms with E-state index in [4.69, 9.17) is 21.1 Å². The van der Waals surface area contributed by atoms with Crippen LogP contribution in [0, 0.1) is 5.92 Å². The minimum atomic E-state index is -1.29. The summed E-state index contributed by atoms with van der Waals surface area (Å²) in [7, 11) is 0. The quantitative estimate of drug-likeness (QED) is 0.357. The topological polar surface area (TPSA) is 150 Å². The molecule has 1 saturated heterocycles. The Hall–Kier alpha value is -3.70. The molecule has 0 spiro atoms. The molecule has 12 heteroatoms. The number of likely N-dealkylation sites (tertiary alicyclic amines) is 1. The van der Waals surface area contributed by atoms with Crippen LogP contribution >= 0.6 is 11.6 Å². The highest BCUT2D eigenvalue weighted by atomic mass is 35.5. The molecule has 1 saturated carbocycles. The maximum absolute atomic E-state index is 13.3. The van der Waals surface area contributed by atoms with Crippen molar-refractivity contribution in [1.82, 2.24) is 14.9 Å². The first-order chi connectivity index (χ1) is 17.9. The Morgan fingerprint density at radius 3 is 2.38 bits per heavy atom. The van der Waals surface area contributed by atoms with Gasteiger partial charge in [-0.15, -0.1) is 0 Å². The van der Waals surface area contributed by atoms with Crippen molar-refractivity contribution in [3.63, 3.8) is 0 Å². The summed E-state index contributed by atoms with van der Waals surface area (Å²) in [4.78, 5) is 48.4. The van der Waals surface area contributed by atoms with E-state index < -0.39 is 12.0 Å². The SMILES string of the molecule is O=C(O)Nc1ccc2oc(C(=O)Nc3ccc(Cl)cn3)c(NC(=O)[C@H]3CC[C@H](N4CCCC4)CC3)c2n1. The monoisotopic (exact) mass is 526 g/mol. The van der Waals surface area contributed by atoms with E-state index in [2.05, 4.69) is 30.8 Å². The number of hydrogen-bond acceptors (Lipinski definition) is 7. The van der Waals surface area contributed by atoms with E-state index in [9.17, 15) is 14.4 Å². The van der Waals surface area contributed by atoms with Crippen molar-refractivity contribution in [2.24, 2.45) is 5.92 Å². The Morgan fingerprint density at radius 2 is 1.70 bits per heavy atom. The third kappa shape index (κ3) is 5.67. The van der Waals surface area contributed by atoms with E-state index in [0.29, 0.717) is 11.1 Å². The lowest BCUT2D eigenvalue weighted by Crippen LogP contribution is -2.38. The van der Waals surface area contributed by atoms with Gasteiger partial charge in [0, 0.05) is 18.2 Å². The van der Waals surface area contributed by atoms with Crippen molar-refractivity contribution in [3.05, 3.63) is 41.2 Å². The van der Waals surface area contributed by atoms with E-state index in [-0.39, 0.29) is 46.0 Å². The molecule has 3 amide bonds. The Balaban J connectivity index is 1.39. The molecule has 11 nitrogen and oxygen atoms in total. The predicted molar refractivity (Wildman–Crippen MR) is 138 cm³/mol. The van der Waals surface area contributed by atoms with Crippen molar-refractivity contribution >= 4 is 57.9 Å². The van der Waals surface area contributed by atoms with E-state index >= 15 is 0 Å². The second-order valence-corrected chi connectivity index (χ2v) is 9.77. The van der Waals surface area contributed by atoms with Crippen molar-refractivity contribution < 1.29 is 23.9 Å². The van der Waals surface area contributed by atoms with E-state index in [1.165, 1.54) is 37.2 Å². The average molecular weight is 527 g/mol. The number of halogens is 1. The summed E-state index contributed by atoms with van der Waals surface area (Å²) in [5.74, 6) is -0.959. The van der Waals surface area contributed by atoms with Gasteiger partial charge in [-0.2, -0.15) is 0 Å². The number of hydrogen-bond donors (Lipinski definition) is 4. The highest BCUT2D eigenvalue weighted by Gasteiger charge is 2.32. The summed E-state index contributed by atoms with van der Waals surface area (Å²) in [5, 5.41) is 17.2. The molecule has 194 valence electrons. The van der Waals surface area contributed by atoms with Gasteiger partial charge in [-0.1, -0.05) is 11.6 Å². The second-order valence-electron chi connectivity index (χ2n) is 9.33. The number of furan rings is 1. The summed E-state index contributed by atoms with van der Waals surface area (Å²) in [6, 6.07) is 6.53. The van der Waals surface area contributed by atoms with Crippen molar-refractivity contribution in [1.29, 1.82) is 0 Å². The number of aromatic nitrogens is 2. The number of nitrogens with zero attached hydrogens (tertiary/aromatic N) is 3. The van der Waals surface area contributed by atoms with Crippen molar-refractivity contribution in [2.75, 3.05) is 29.0 Å². The van der Waals surface area contributed by atoms with E-state index in [1.54, 1.807) is 6.07 Å². The van der Waals surface area contributed by atoms with Crippen LogP contribution in [0.3, 0.4) is 0 Å². The van der Waals surface area contributed by atoms with Crippen LogP contribution < -0.4 is 16.0 Å². The number of nitrogens with one attached hydrogen (secondary N) is 3. The standard InChI is InChI=1S/C25H27ClN6O5/c26-15-5-9-18(27-13-15)29-24(34)22-21(20-17(37-22)8-10-19(28-20)30-25(35)36)31-23(33)14-3-6-16(7-4-14)32-11-1-2-12-32/h5,8-10,13-14,16H,1-4,6-7,11-12H2,(H,28,30)(H,31,33)(H,35,36)(H,27,29,34)/t14-,16-. The minimum Gasteiger partial charge on any atom is -0.465 e. The van der Waals surface area contributed by atoms with Crippen LogP contribution in [-0.2, 0) is 4.79 Å². The Kier molecular flexibility index (Phi) is 7.24. The summed E-state index contributed by atoms with van der Waals surface area (Å²) >= 11 is 5.87. The van der Waals surface area contributed by atoms with Crippen molar-refractivity contribution in [3.8, 4) is 0 Å². The van der Waals surface area contributed by atoms with Gasteiger partial charge >= 0.3 is 6.09 Å². The molecule has 2 fully saturated rings. The summed E-state index contributed by atoms with van der Waals surface area (Å²) in [6.07, 6.45) is 5.96. The van der Waals surface area contributed by atoms with Gasteiger partial charge in [0.25, 0.3) is 5.91 Å². The third-order valence-corrected chi connectivity index (χ3v) is 7.14. The highest BCUT2D eigenvalue weighted by Crippen LogP contribution is 2.34. The number of fused-ring (bicyclic) bond motifs is 1. The first-order valence-corrected chi connectivity index (χ1v) is 12.7. The van der Waals surface area contributed by atoms with E-state index in [0.717, 1.165) is 38.8 Å². The van der Waals surface area contributed by atoms with Crippen LogP contribution in [0.25, 0.3) is 11.1 Å². The first-order valence-electron chi connectivity index (χ1n) is 12.3. The fourth-order valence-electron chi connectivity index (χ4n) is 5.09. The molecule has 0 aromatic carbocycles. The van der Waals surface area contributed by atoms with Gasteiger partial charge in [-0.25, -0.2) is 14.8 Å². The molecule has 5 rings (SSSR count). The Labute approximate surface area is 217 Å². The van der Waals surface area contributed by atoms with Gasteiger partial charge in [0.2, 0.25) is 11.7 Å². The third-order valence-electron chi connectivity index (χ3n) is 6.92. The maximum atomic E-state index is 13.3. The molecular weight excluding hydrogens is 500 g/mol. The zero-order chi connectivity index (χ0) is 25.9. The van der Waals surface area contributed by atoms with Crippen LogP contribution in [0.2, 0.25) is 5.02 Å². The largest absolute Gasteiger partial charge is 0.465 e. The van der Waals surface area contributed by atoms with Crippen LogP contribution in [0.1, 0.15) is 49.1 Å². The molecule has 4 heterocycles. The predicted octanol–water partition coefficient (Wildman–Crippen LogP) is 4.81. The molecule has 0 radical (unpaired) electrons. The molecule has 37 heavy (non-hydrogen) atoms. The number of carboxylic acid groups (broad SMARTS) is 1. The molecule has 1 aliphatic carbocycles. The molecule has 3 aromatic rings. The highest BCUT2D eigenvalue weighted by molar-refractivity contribution is 6.30. The molecule has 2 aliphatic rings. The number of anilines is 3.